The lowest BCUT2D eigenvalue weighted by Crippen LogP contribution is -2.18. The van der Waals surface area contributed by atoms with Crippen molar-refractivity contribution in [2.45, 2.75) is 19.4 Å². The van der Waals surface area contributed by atoms with Gasteiger partial charge in [-0.25, -0.2) is 4.98 Å². The standard InChI is InChI=1S/C14H19N5/c1-18-13(6-7-17-18)11-15-12-4-5-14(16-10-12)19-8-2-3-9-19/h4-7,10,15H,2-3,8-9,11H2,1H3. The summed E-state index contributed by atoms with van der Waals surface area (Å²) >= 11 is 0. The average Bonchev–Trinajstić information content (AvgIpc) is 3.09. The Bertz CT molecular complexity index is 525. The minimum absolute atomic E-state index is 0.765. The van der Waals surface area contributed by atoms with E-state index in [4.69, 9.17) is 0 Å². The Morgan fingerprint density at radius 3 is 2.68 bits per heavy atom. The van der Waals surface area contributed by atoms with Gasteiger partial charge < -0.3 is 10.2 Å². The summed E-state index contributed by atoms with van der Waals surface area (Å²) in [6, 6.07) is 6.20. The predicted octanol–water partition coefficient (Wildman–Crippen LogP) is 2.03. The Balaban J connectivity index is 1.61. The molecule has 0 aromatic carbocycles. The number of hydrogen-bond donors (Lipinski definition) is 1. The van der Waals surface area contributed by atoms with Crippen molar-refractivity contribution in [3.05, 3.63) is 36.3 Å². The zero-order valence-electron chi connectivity index (χ0n) is 11.2. The number of aryl methyl sites for hydroxylation is 1. The van der Waals surface area contributed by atoms with E-state index in [1.165, 1.54) is 12.8 Å². The maximum atomic E-state index is 4.52. The van der Waals surface area contributed by atoms with E-state index in [1.54, 1.807) is 0 Å². The molecule has 1 aliphatic rings. The van der Waals surface area contributed by atoms with Crippen LogP contribution in [0, 0.1) is 0 Å². The van der Waals surface area contributed by atoms with Crippen LogP contribution in [-0.4, -0.2) is 27.9 Å². The van der Waals surface area contributed by atoms with Crippen LogP contribution in [0.3, 0.4) is 0 Å². The Labute approximate surface area is 113 Å². The van der Waals surface area contributed by atoms with E-state index >= 15 is 0 Å². The van der Waals surface area contributed by atoms with E-state index in [9.17, 15) is 0 Å². The van der Waals surface area contributed by atoms with Crippen LogP contribution in [-0.2, 0) is 13.6 Å². The van der Waals surface area contributed by atoms with E-state index in [0.29, 0.717) is 0 Å². The molecular weight excluding hydrogens is 238 g/mol. The molecule has 19 heavy (non-hydrogen) atoms. The van der Waals surface area contributed by atoms with Gasteiger partial charge in [0.05, 0.1) is 24.1 Å². The van der Waals surface area contributed by atoms with Gasteiger partial charge in [-0.05, 0) is 31.0 Å². The summed E-state index contributed by atoms with van der Waals surface area (Å²) < 4.78 is 1.87. The summed E-state index contributed by atoms with van der Waals surface area (Å²) in [5, 5.41) is 7.51. The minimum atomic E-state index is 0.765. The Hall–Kier alpha value is -2.04. The lowest BCUT2D eigenvalue weighted by Gasteiger charge is -2.16. The lowest BCUT2D eigenvalue weighted by molar-refractivity contribution is 0.720. The average molecular weight is 257 g/mol. The van der Waals surface area contributed by atoms with E-state index in [1.807, 2.05) is 30.2 Å². The summed E-state index contributed by atoms with van der Waals surface area (Å²) in [5.41, 5.74) is 2.20. The van der Waals surface area contributed by atoms with E-state index < -0.39 is 0 Å². The zero-order valence-corrected chi connectivity index (χ0v) is 11.2. The maximum absolute atomic E-state index is 4.52. The number of anilines is 2. The van der Waals surface area contributed by atoms with Gasteiger partial charge in [0.15, 0.2) is 0 Å². The molecule has 0 aliphatic carbocycles. The molecule has 0 spiro atoms. The number of hydrogen-bond acceptors (Lipinski definition) is 4. The highest BCUT2D eigenvalue weighted by atomic mass is 15.3. The van der Waals surface area contributed by atoms with Crippen LogP contribution in [0.2, 0.25) is 0 Å². The first-order chi connectivity index (χ1) is 9.33. The molecule has 3 rings (SSSR count). The molecule has 1 aliphatic heterocycles. The van der Waals surface area contributed by atoms with Crippen LogP contribution < -0.4 is 10.2 Å². The zero-order chi connectivity index (χ0) is 13.1. The van der Waals surface area contributed by atoms with Crippen molar-refractivity contribution in [1.82, 2.24) is 14.8 Å². The minimum Gasteiger partial charge on any atom is -0.378 e. The van der Waals surface area contributed by atoms with Gasteiger partial charge in [0.25, 0.3) is 0 Å². The number of nitrogens with one attached hydrogen (secondary N) is 1. The molecule has 5 heteroatoms. The van der Waals surface area contributed by atoms with Crippen LogP contribution in [0.25, 0.3) is 0 Å². The van der Waals surface area contributed by atoms with Gasteiger partial charge in [-0.3, -0.25) is 4.68 Å². The van der Waals surface area contributed by atoms with Crippen LogP contribution in [0.5, 0.6) is 0 Å². The molecule has 1 saturated heterocycles. The van der Waals surface area contributed by atoms with Gasteiger partial charge in [-0.2, -0.15) is 5.10 Å². The molecule has 0 amide bonds. The van der Waals surface area contributed by atoms with Gasteiger partial charge in [0.1, 0.15) is 5.82 Å². The molecule has 0 bridgehead atoms. The van der Waals surface area contributed by atoms with Gasteiger partial charge >= 0.3 is 0 Å². The molecule has 0 atom stereocenters. The van der Waals surface area contributed by atoms with Gasteiger partial charge in [0.2, 0.25) is 0 Å². The van der Waals surface area contributed by atoms with E-state index in [-0.39, 0.29) is 0 Å². The molecule has 5 nitrogen and oxygen atoms in total. The summed E-state index contributed by atoms with van der Waals surface area (Å²) in [6.07, 6.45) is 6.28. The summed E-state index contributed by atoms with van der Waals surface area (Å²) in [4.78, 5) is 6.86. The van der Waals surface area contributed by atoms with Crippen LogP contribution in [0.1, 0.15) is 18.5 Å². The third-order valence-electron chi connectivity index (χ3n) is 3.57. The molecule has 0 radical (unpaired) electrons. The molecule has 1 N–H and O–H groups in total. The van der Waals surface area contributed by atoms with Gasteiger partial charge in [-0.1, -0.05) is 0 Å². The second-order valence-electron chi connectivity index (χ2n) is 4.90. The normalized spacial score (nSPS) is 14.9. The monoisotopic (exact) mass is 257 g/mol. The fourth-order valence-corrected chi connectivity index (χ4v) is 2.39. The fourth-order valence-electron chi connectivity index (χ4n) is 2.39. The second-order valence-corrected chi connectivity index (χ2v) is 4.90. The van der Waals surface area contributed by atoms with Crippen molar-refractivity contribution < 1.29 is 0 Å². The largest absolute Gasteiger partial charge is 0.378 e. The number of aromatic nitrogens is 3. The highest BCUT2D eigenvalue weighted by Crippen LogP contribution is 2.19. The number of nitrogens with zero attached hydrogens (tertiary/aromatic N) is 4. The van der Waals surface area contributed by atoms with Crippen LogP contribution in [0.4, 0.5) is 11.5 Å². The first kappa shape index (κ1) is 12.0. The second kappa shape index (κ2) is 5.30. The van der Waals surface area contributed by atoms with Crippen molar-refractivity contribution in [3.63, 3.8) is 0 Å². The topological polar surface area (TPSA) is 46.0 Å². The highest BCUT2D eigenvalue weighted by molar-refractivity contribution is 5.49. The highest BCUT2D eigenvalue weighted by Gasteiger charge is 2.12. The molecule has 100 valence electrons. The van der Waals surface area contributed by atoms with Crippen molar-refractivity contribution in [3.8, 4) is 0 Å². The third-order valence-corrected chi connectivity index (χ3v) is 3.57. The molecule has 2 aromatic rings. The van der Waals surface area contributed by atoms with E-state index in [2.05, 4.69) is 32.4 Å². The maximum Gasteiger partial charge on any atom is 0.128 e. The van der Waals surface area contributed by atoms with Crippen LogP contribution in [0.15, 0.2) is 30.6 Å². The lowest BCUT2D eigenvalue weighted by atomic mass is 10.3. The first-order valence-corrected chi connectivity index (χ1v) is 6.75. The molecule has 0 unspecified atom stereocenters. The molecule has 1 fully saturated rings. The molecule has 0 saturated carbocycles. The van der Waals surface area contributed by atoms with E-state index in [0.717, 1.165) is 36.8 Å². The van der Waals surface area contributed by atoms with Gasteiger partial charge in [-0.15, -0.1) is 0 Å². The Morgan fingerprint density at radius 1 is 1.21 bits per heavy atom. The van der Waals surface area contributed by atoms with Crippen molar-refractivity contribution in [2.24, 2.45) is 7.05 Å². The molecule has 2 aromatic heterocycles. The first-order valence-electron chi connectivity index (χ1n) is 6.75. The van der Waals surface area contributed by atoms with Crippen molar-refractivity contribution in [2.75, 3.05) is 23.3 Å². The number of pyridine rings is 1. The quantitative estimate of drug-likeness (QED) is 0.910. The Kier molecular flexibility index (Phi) is 3.35. The van der Waals surface area contributed by atoms with Crippen molar-refractivity contribution in [1.29, 1.82) is 0 Å². The molecular formula is C14H19N5. The fraction of sp³-hybridized carbons (Fsp3) is 0.429. The Morgan fingerprint density at radius 2 is 2.05 bits per heavy atom. The van der Waals surface area contributed by atoms with Crippen molar-refractivity contribution >= 4 is 11.5 Å². The van der Waals surface area contributed by atoms with Gasteiger partial charge in [0, 0.05) is 26.3 Å². The summed E-state index contributed by atoms with van der Waals surface area (Å²) in [7, 11) is 1.95. The smallest absolute Gasteiger partial charge is 0.128 e. The SMILES string of the molecule is Cn1nccc1CNc1ccc(N2CCCC2)nc1. The summed E-state index contributed by atoms with van der Waals surface area (Å²) in [5.74, 6) is 1.09. The van der Waals surface area contributed by atoms with Crippen LogP contribution >= 0.6 is 0 Å². The summed E-state index contributed by atoms with van der Waals surface area (Å²) in [6.45, 7) is 3.03. The third kappa shape index (κ3) is 2.70. The molecule has 3 heterocycles. The number of rotatable bonds is 4. The predicted molar refractivity (Wildman–Crippen MR) is 76.2 cm³/mol.